The predicted molar refractivity (Wildman–Crippen MR) is 109 cm³/mol. The highest BCUT2D eigenvalue weighted by atomic mass is 19.2. The quantitative estimate of drug-likeness (QED) is 0.174. The van der Waals surface area contributed by atoms with Crippen molar-refractivity contribution in [3.63, 3.8) is 0 Å². The number of hydrogen-bond acceptors (Lipinski definition) is 0. The molecule has 1 atom stereocenters. The van der Waals surface area contributed by atoms with Crippen LogP contribution in [0.25, 0.3) is 0 Å². The average Bonchev–Trinajstić information content (AvgIpc) is 2.88. The van der Waals surface area contributed by atoms with Crippen LogP contribution in [0.2, 0.25) is 5.82 Å². The second-order valence-corrected chi connectivity index (χ2v) is 8.84. The second kappa shape index (κ2) is 9.85. The molecule has 2 fully saturated rings. The van der Waals surface area contributed by atoms with E-state index in [0.29, 0.717) is 31.6 Å². The van der Waals surface area contributed by atoms with Gasteiger partial charge < -0.3 is 0 Å². The van der Waals surface area contributed by atoms with Gasteiger partial charge in [-0.25, -0.2) is 48.5 Å². The Labute approximate surface area is 194 Å². The van der Waals surface area contributed by atoms with Crippen LogP contribution in [0.3, 0.4) is 0 Å². The Morgan fingerprint density at radius 3 is 1.31 bits per heavy atom. The molecule has 1 unspecified atom stereocenters. The molecule has 1 aliphatic carbocycles. The smallest absolute Gasteiger partial charge is 0.200 e. The van der Waals surface area contributed by atoms with Crippen molar-refractivity contribution in [2.24, 2.45) is 0 Å². The first-order valence-electron chi connectivity index (χ1n) is 11.2. The van der Waals surface area contributed by atoms with Crippen LogP contribution in [0.4, 0.5) is 43.9 Å². The van der Waals surface area contributed by atoms with Gasteiger partial charge in [-0.2, -0.15) is 10.9 Å². The number of piperidine rings is 1. The summed E-state index contributed by atoms with van der Waals surface area (Å²) in [5, 5.41) is 0. The van der Waals surface area contributed by atoms with E-state index in [1.807, 2.05) is 4.58 Å². The van der Waals surface area contributed by atoms with E-state index in [2.05, 4.69) is 0 Å². The molecule has 1 nitrogen and oxygen atoms in total. The highest BCUT2D eigenvalue weighted by molar-refractivity contribution is 6.88. The maximum Gasteiger partial charge on any atom is 0.200 e. The maximum absolute atomic E-state index is 15.0. The minimum atomic E-state index is -2.50. The summed E-state index contributed by atoms with van der Waals surface area (Å²) in [5.74, 6) is -25.2. The zero-order valence-corrected chi connectivity index (χ0v) is 18.2. The Bertz CT molecular complexity index is 1080. The van der Waals surface area contributed by atoms with Crippen LogP contribution in [0.15, 0.2) is 0 Å². The number of hydrogen-bond donors (Lipinski definition) is 0. The molecule has 2 aromatic rings. The highest BCUT2D eigenvalue weighted by Crippen LogP contribution is 2.33. The van der Waals surface area contributed by atoms with Gasteiger partial charge in [0.2, 0.25) is 0 Å². The van der Waals surface area contributed by atoms with Crippen LogP contribution in [0, 0.1) is 58.2 Å². The second-order valence-electron chi connectivity index (χ2n) is 8.84. The van der Waals surface area contributed by atoms with Gasteiger partial charge >= 0.3 is 0 Å². The Hall–Kier alpha value is -2.53. The summed E-state index contributed by atoms with van der Waals surface area (Å²) in [6.07, 6.45) is 3.53. The van der Waals surface area contributed by atoms with E-state index in [9.17, 15) is 43.9 Å². The van der Waals surface area contributed by atoms with E-state index in [-0.39, 0.29) is 12.8 Å². The Kier molecular flexibility index (Phi) is 7.19. The first-order chi connectivity index (χ1) is 16.6. The van der Waals surface area contributed by atoms with E-state index in [1.54, 1.807) is 0 Å². The molecule has 1 saturated heterocycles. The Morgan fingerprint density at radius 1 is 0.486 bits per heavy atom. The van der Waals surface area contributed by atoms with Crippen molar-refractivity contribution >= 4 is 23.4 Å². The minimum absolute atomic E-state index is 0.0184. The van der Waals surface area contributed by atoms with E-state index in [4.69, 9.17) is 0 Å². The van der Waals surface area contributed by atoms with Crippen molar-refractivity contribution in [1.29, 1.82) is 0 Å². The maximum atomic E-state index is 15.0. The zero-order valence-electron chi connectivity index (χ0n) is 18.2. The molecule has 12 heteroatoms. The minimum Gasteiger partial charge on any atom is -0.240 e. The van der Waals surface area contributed by atoms with Crippen LogP contribution in [0.5, 0.6) is 0 Å². The van der Waals surface area contributed by atoms with Crippen molar-refractivity contribution < 1.29 is 48.5 Å². The molecule has 0 aromatic heterocycles. The van der Waals surface area contributed by atoms with E-state index < -0.39 is 81.6 Å². The predicted octanol–water partition coefficient (Wildman–Crippen LogP) is 5.27. The molecule has 0 amide bonds. The summed E-state index contributed by atoms with van der Waals surface area (Å²) in [7, 11) is 0. The lowest BCUT2D eigenvalue weighted by atomic mass is 9.31. The molecule has 1 saturated carbocycles. The fraction of sp³-hybridized carbons (Fsp3) is 0.435. The van der Waals surface area contributed by atoms with Gasteiger partial charge in [0.05, 0.1) is 0 Å². The number of benzene rings is 2. The molecule has 4 rings (SSSR count). The van der Waals surface area contributed by atoms with Gasteiger partial charge in [-0.3, -0.25) is 0 Å². The summed E-state index contributed by atoms with van der Waals surface area (Å²) in [6, 6.07) is 0. The lowest BCUT2D eigenvalue weighted by molar-refractivity contribution is -0.539. The molecule has 189 valence electrons. The standard InChI is InChI=1S/C23H19BF10N/c25-14-12(15(26)19(30)22(33)18(14)29)24(13-16(27)20(31)23(34)21(32)17(13)28)10-6-2-3-7-11(10)35-8-4-1-5-9-35/h10H,1-9H2. The van der Waals surface area contributed by atoms with Crippen molar-refractivity contribution in [3.05, 3.63) is 58.2 Å². The van der Waals surface area contributed by atoms with Gasteiger partial charge in [0.15, 0.2) is 34.9 Å². The topological polar surface area (TPSA) is 3.01 Å². The molecule has 2 aliphatic rings. The summed E-state index contributed by atoms with van der Waals surface area (Å²) < 4.78 is 146. The average molecular weight is 510 g/mol. The highest BCUT2D eigenvalue weighted by Gasteiger charge is 2.38. The Morgan fingerprint density at radius 2 is 0.886 bits per heavy atom. The molecular formula is C23H19BF10N. The van der Waals surface area contributed by atoms with Crippen molar-refractivity contribution in [2.45, 2.75) is 50.8 Å². The molecule has 2 aromatic carbocycles. The van der Waals surface area contributed by atoms with Crippen LogP contribution < -0.4 is 10.9 Å². The normalized spacial score (nSPS) is 19.1. The first kappa shape index (κ1) is 25.6. The Balaban J connectivity index is 2.08. The van der Waals surface area contributed by atoms with E-state index in [1.165, 1.54) is 0 Å². The third-order valence-corrected chi connectivity index (χ3v) is 6.90. The van der Waals surface area contributed by atoms with Gasteiger partial charge in [0, 0.05) is 19.3 Å². The van der Waals surface area contributed by atoms with E-state index in [0.717, 1.165) is 19.3 Å². The molecule has 1 aliphatic heterocycles. The summed E-state index contributed by atoms with van der Waals surface area (Å²) in [6.45, 7) is -1.39. The summed E-state index contributed by atoms with van der Waals surface area (Å²) >= 11 is 0. The molecule has 35 heavy (non-hydrogen) atoms. The first-order valence-corrected chi connectivity index (χ1v) is 11.2. The number of rotatable bonds is 3. The third-order valence-electron chi connectivity index (χ3n) is 6.90. The lowest BCUT2D eigenvalue weighted by Crippen LogP contribution is -2.56. The third kappa shape index (κ3) is 4.22. The van der Waals surface area contributed by atoms with E-state index >= 15 is 0 Å². The van der Waals surface area contributed by atoms with Crippen LogP contribution in [0.1, 0.15) is 44.9 Å². The van der Waals surface area contributed by atoms with Gasteiger partial charge in [0.1, 0.15) is 42.1 Å². The molecule has 1 radical (unpaired) electrons. The monoisotopic (exact) mass is 510 g/mol. The molecule has 0 N–H and O–H groups in total. The largest absolute Gasteiger partial charge is 0.240 e. The van der Waals surface area contributed by atoms with Crippen molar-refractivity contribution in [3.8, 4) is 0 Å². The summed E-state index contributed by atoms with van der Waals surface area (Å²) in [5.41, 5.74) is -2.80. The van der Waals surface area contributed by atoms with Gasteiger partial charge in [0.25, 0.3) is 0 Å². The van der Waals surface area contributed by atoms with Gasteiger partial charge in [-0.15, -0.1) is 5.82 Å². The van der Waals surface area contributed by atoms with Crippen molar-refractivity contribution in [1.82, 2.24) is 0 Å². The van der Waals surface area contributed by atoms with Crippen LogP contribution >= 0.6 is 0 Å². The fourth-order valence-corrected chi connectivity index (χ4v) is 5.29. The van der Waals surface area contributed by atoms with Gasteiger partial charge in [-0.05, 0) is 19.6 Å². The molecular weight excluding hydrogens is 491 g/mol. The molecule has 0 bridgehead atoms. The number of halogens is 10. The number of nitrogens with zero attached hydrogens (tertiary/aromatic N) is 1. The lowest BCUT2D eigenvalue weighted by Gasteiger charge is -2.41. The summed E-state index contributed by atoms with van der Waals surface area (Å²) in [4.78, 5) is 0. The fourth-order valence-electron chi connectivity index (χ4n) is 5.29. The molecule has 1 heterocycles. The van der Waals surface area contributed by atoms with Crippen LogP contribution in [-0.2, 0) is 0 Å². The SMILES string of the molecule is Fc1c(F)c(F)c([B-](c2c(F)c(F)c(F)c(F)c2F)C2CCCCC2=[N+]2CCCCC2)c(F)c1F. The zero-order chi connectivity index (χ0) is 25.6. The van der Waals surface area contributed by atoms with Crippen molar-refractivity contribution in [2.75, 3.05) is 13.1 Å². The van der Waals surface area contributed by atoms with Gasteiger partial charge in [-0.1, -0.05) is 12.8 Å². The van der Waals surface area contributed by atoms with Crippen LogP contribution in [-0.4, -0.2) is 30.1 Å². The molecule has 0 spiro atoms.